The van der Waals surface area contributed by atoms with Crippen molar-refractivity contribution in [1.82, 2.24) is 4.98 Å². The molecule has 106 valence electrons. The second kappa shape index (κ2) is 5.75. The van der Waals surface area contributed by atoms with Gasteiger partial charge in [-0.05, 0) is 24.6 Å². The molecule has 1 amide bonds. The van der Waals surface area contributed by atoms with E-state index in [1.165, 1.54) is 0 Å². The lowest BCUT2D eigenvalue weighted by molar-refractivity contribution is -0.115. The Morgan fingerprint density at radius 2 is 2.10 bits per heavy atom. The van der Waals surface area contributed by atoms with E-state index in [4.69, 9.17) is 0 Å². The number of amides is 1. The normalized spacial score (nSPS) is 11.4. The van der Waals surface area contributed by atoms with Crippen LogP contribution >= 0.6 is 11.3 Å². The van der Waals surface area contributed by atoms with Crippen molar-refractivity contribution < 1.29 is 4.79 Å². The molecule has 1 heterocycles. The van der Waals surface area contributed by atoms with Crippen LogP contribution in [0.3, 0.4) is 0 Å². The number of carbonyl (C=O) groups is 1. The van der Waals surface area contributed by atoms with Gasteiger partial charge in [-0.3, -0.25) is 4.79 Å². The van der Waals surface area contributed by atoms with Crippen molar-refractivity contribution in [3.05, 3.63) is 45.9 Å². The molecular formula is C16H20N2OS. The highest BCUT2D eigenvalue weighted by atomic mass is 32.1. The molecule has 0 aliphatic carbocycles. The van der Waals surface area contributed by atoms with Gasteiger partial charge < -0.3 is 5.32 Å². The SMILES string of the molecule is Cc1cccc(NC(=O)Cc2nc(C(C)(C)C)cs2)c1. The number of hydrogen-bond acceptors (Lipinski definition) is 3. The van der Waals surface area contributed by atoms with Crippen LogP contribution in [0.4, 0.5) is 5.69 Å². The molecule has 0 radical (unpaired) electrons. The van der Waals surface area contributed by atoms with Gasteiger partial charge in [-0.2, -0.15) is 0 Å². The van der Waals surface area contributed by atoms with Crippen LogP contribution in [-0.4, -0.2) is 10.9 Å². The summed E-state index contributed by atoms with van der Waals surface area (Å²) in [5, 5.41) is 5.81. The molecule has 3 nitrogen and oxygen atoms in total. The fourth-order valence-corrected chi connectivity index (χ4v) is 2.82. The van der Waals surface area contributed by atoms with E-state index < -0.39 is 0 Å². The largest absolute Gasteiger partial charge is 0.326 e. The number of benzene rings is 1. The van der Waals surface area contributed by atoms with E-state index in [1.54, 1.807) is 11.3 Å². The van der Waals surface area contributed by atoms with Gasteiger partial charge in [0.25, 0.3) is 0 Å². The first kappa shape index (κ1) is 14.7. The molecule has 0 spiro atoms. The van der Waals surface area contributed by atoms with Crippen molar-refractivity contribution in [3.63, 3.8) is 0 Å². The summed E-state index contributed by atoms with van der Waals surface area (Å²) in [6.45, 7) is 8.38. The van der Waals surface area contributed by atoms with Crippen LogP contribution in [0.15, 0.2) is 29.6 Å². The van der Waals surface area contributed by atoms with Crippen molar-refractivity contribution in [2.45, 2.75) is 39.5 Å². The maximum atomic E-state index is 12.0. The van der Waals surface area contributed by atoms with E-state index in [-0.39, 0.29) is 11.3 Å². The van der Waals surface area contributed by atoms with Crippen molar-refractivity contribution in [1.29, 1.82) is 0 Å². The maximum absolute atomic E-state index is 12.0. The van der Waals surface area contributed by atoms with Crippen LogP contribution in [-0.2, 0) is 16.6 Å². The Hall–Kier alpha value is -1.68. The molecule has 2 rings (SSSR count). The van der Waals surface area contributed by atoms with Crippen LogP contribution in [0.5, 0.6) is 0 Å². The standard InChI is InChI=1S/C16H20N2OS/c1-11-6-5-7-12(8-11)17-14(19)9-15-18-13(10-20-15)16(2,3)4/h5-8,10H,9H2,1-4H3,(H,17,19). The number of rotatable bonds is 3. The molecule has 1 aromatic carbocycles. The van der Waals surface area contributed by atoms with Gasteiger partial charge in [-0.1, -0.05) is 32.9 Å². The molecule has 2 aromatic rings. The first-order valence-electron chi connectivity index (χ1n) is 6.66. The molecule has 0 fully saturated rings. The van der Waals surface area contributed by atoms with E-state index in [9.17, 15) is 4.79 Å². The number of aryl methyl sites for hydroxylation is 1. The lowest BCUT2D eigenvalue weighted by Crippen LogP contribution is -2.15. The van der Waals surface area contributed by atoms with Crippen molar-refractivity contribution >= 4 is 22.9 Å². The summed E-state index contributed by atoms with van der Waals surface area (Å²) in [7, 11) is 0. The third-order valence-corrected chi connectivity index (χ3v) is 3.78. The van der Waals surface area contributed by atoms with E-state index in [1.807, 2.05) is 36.6 Å². The topological polar surface area (TPSA) is 42.0 Å². The molecule has 20 heavy (non-hydrogen) atoms. The molecule has 0 aliphatic rings. The zero-order chi connectivity index (χ0) is 14.8. The molecular weight excluding hydrogens is 268 g/mol. The zero-order valence-corrected chi connectivity index (χ0v) is 13.2. The van der Waals surface area contributed by atoms with Gasteiger partial charge in [0, 0.05) is 16.5 Å². The fourth-order valence-electron chi connectivity index (χ4n) is 1.80. The van der Waals surface area contributed by atoms with Crippen LogP contribution in [0.25, 0.3) is 0 Å². The van der Waals surface area contributed by atoms with Gasteiger partial charge in [-0.15, -0.1) is 11.3 Å². The molecule has 4 heteroatoms. The van der Waals surface area contributed by atoms with Crippen molar-refractivity contribution in [2.24, 2.45) is 0 Å². The Labute approximate surface area is 124 Å². The number of thiazole rings is 1. The first-order chi connectivity index (χ1) is 9.34. The minimum atomic E-state index is -0.0228. The summed E-state index contributed by atoms with van der Waals surface area (Å²) in [4.78, 5) is 16.5. The zero-order valence-electron chi connectivity index (χ0n) is 12.4. The van der Waals surface area contributed by atoms with Crippen LogP contribution in [0, 0.1) is 6.92 Å². The second-order valence-corrected chi connectivity index (χ2v) is 6.91. The Bertz CT molecular complexity index is 611. The third-order valence-electron chi connectivity index (χ3n) is 2.93. The average Bonchev–Trinajstić information content (AvgIpc) is 2.76. The van der Waals surface area contributed by atoms with Crippen LogP contribution in [0.1, 0.15) is 37.0 Å². The lowest BCUT2D eigenvalue weighted by Gasteiger charge is -2.14. The number of anilines is 1. The van der Waals surface area contributed by atoms with Gasteiger partial charge in [0.15, 0.2) is 0 Å². The van der Waals surface area contributed by atoms with Crippen LogP contribution in [0.2, 0.25) is 0 Å². The Kier molecular flexibility index (Phi) is 4.23. The molecule has 0 unspecified atom stereocenters. The van der Waals surface area contributed by atoms with Gasteiger partial charge in [0.2, 0.25) is 5.91 Å². The van der Waals surface area contributed by atoms with Gasteiger partial charge in [0.05, 0.1) is 12.1 Å². The number of nitrogens with one attached hydrogen (secondary N) is 1. The van der Waals surface area contributed by atoms with Crippen molar-refractivity contribution in [2.75, 3.05) is 5.32 Å². The van der Waals surface area contributed by atoms with E-state index in [2.05, 4.69) is 31.1 Å². The van der Waals surface area contributed by atoms with Crippen molar-refractivity contribution in [3.8, 4) is 0 Å². The summed E-state index contributed by atoms with van der Waals surface area (Å²) < 4.78 is 0. The Morgan fingerprint density at radius 3 is 2.70 bits per heavy atom. The molecule has 1 N–H and O–H groups in total. The van der Waals surface area contributed by atoms with Gasteiger partial charge >= 0.3 is 0 Å². The average molecular weight is 288 g/mol. The predicted octanol–water partition coefficient (Wildman–Crippen LogP) is 3.93. The number of nitrogens with zero attached hydrogens (tertiary/aromatic N) is 1. The third kappa shape index (κ3) is 3.90. The fraction of sp³-hybridized carbons (Fsp3) is 0.375. The molecule has 0 saturated heterocycles. The summed E-state index contributed by atoms with van der Waals surface area (Å²) in [5.41, 5.74) is 3.04. The lowest BCUT2D eigenvalue weighted by atomic mass is 9.93. The minimum absolute atomic E-state index is 0.0228. The number of hydrogen-bond donors (Lipinski definition) is 1. The predicted molar refractivity (Wildman–Crippen MR) is 84.3 cm³/mol. The first-order valence-corrected chi connectivity index (χ1v) is 7.54. The summed E-state index contributed by atoms with van der Waals surface area (Å²) in [6, 6.07) is 7.80. The highest BCUT2D eigenvalue weighted by molar-refractivity contribution is 7.09. The monoisotopic (exact) mass is 288 g/mol. The minimum Gasteiger partial charge on any atom is -0.326 e. The molecule has 0 bridgehead atoms. The Balaban J connectivity index is 2.00. The summed E-state index contributed by atoms with van der Waals surface area (Å²) in [5.74, 6) is -0.0228. The Morgan fingerprint density at radius 1 is 1.35 bits per heavy atom. The van der Waals surface area contributed by atoms with Crippen LogP contribution < -0.4 is 5.32 Å². The highest BCUT2D eigenvalue weighted by Gasteiger charge is 2.18. The second-order valence-electron chi connectivity index (χ2n) is 5.97. The van der Waals surface area contributed by atoms with Gasteiger partial charge in [0.1, 0.15) is 5.01 Å². The maximum Gasteiger partial charge on any atom is 0.231 e. The van der Waals surface area contributed by atoms with E-state index in [0.717, 1.165) is 22.0 Å². The smallest absolute Gasteiger partial charge is 0.231 e. The molecule has 0 atom stereocenters. The molecule has 1 aromatic heterocycles. The quantitative estimate of drug-likeness (QED) is 0.929. The summed E-state index contributed by atoms with van der Waals surface area (Å²) >= 11 is 1.55. The number of carbonyl (C=O) groups excluding carboxylic acids is 1. The van der Waals surface area contributed by atoms with E-state index >= 15 is 0 Å². The molecule has 0 saturated carbocycles. The number of aromatic nitrogens is 1. The van der Waals surface area contributed by atoms with E-state index in [0.29, 0.717) is 6.42 Å². The molecule has 0 aliphatic heterocycles. The van der Waals surface area contributed by atoms with Gasteiger partial charge in [-0.25, -0.2) is 4.98 Å². The summed E-state index contributed by atoms with van der Waals surface area (Å²) in [6.07, 6.45) is 0.328. The highest BCUT2D eigenvalue weighted by Crippen LogP contribution is 2.24.